The van der Waals surface area contributed by atoms with Crippen molar-refractivity contribution in [2.75, 3.05) is 19.6 Å². The smallest absolute Gasteiger partial charge is 0.410 e. The number of hydrogen-bond acceptors (Lipinski definition) is 7. The maximum absolute atomic E-state index is 13.7. The molecule has 3 fully saturated rings. The second-order valence-electron chi connectivity index (χ2n) is 11.9. The van der Waals surface area contributed by atoms with Gasteiger partial charge in [0, 0.05) is 37.4 Å². The summed E-state index contributed by atoms with van der Waals surface area (Å²) in [5.41, 5.74) is 0.147. The molecule has 5 rings (SSSR count). The van der Waals surface area contributed by atoms with Crippen molar-refractivity contribution in [2.24, 2.45) is 5.41 Å². The van der Waals surface area contributed by atoms with Crippen LogP contribution in [-0.4, -0.2) is 84.5 Å². The molecule has 1 aromatic carbocycles. The number of nitrogens with zero attached hydrogens (tertiary/aromatic N) is 6. The Labute approximate surface area is 218 Å². The molecule has 0 radical (unpaired) electrons. The zero-order valence-corrected chi connectivity index (χ0v) is 22.0. The van der Waals surface area contributed by atoms with Crippen LogP contribution in [0.3, 0.4) is 0 Å². The largest absolute Gasteiger partial charge is 0.444 e. The molecule has 2 aliphatic heterocycles. The van der Waals surface area contributed by atoms with Gasteiger partial charge in [-0.05, 0) is 57.2 Å². The first-order valence-corrected chi connectivity index (χ1v) is 13.4. The van der Waals surface area contributed by atoms with Crippen LogP contribution in [0.25, 0.3) is 0 Å². The summed E-state index contributed by atoms with van der Waals surface area (Å²) in [6, 6.07) is 9.30. The molecule has 37 heavy (non-hydrogen) atoms. The summed E-state index contributed by atoms with van der Waals surface area (Å²) in [5, 5.41) is 24.0. The van der Waals surface area contributed by atoms with Gasteiger partial charge < -0.3 is 14.7 Å². The highest BCUT2D eigenvalue weighted by Crippen LogP contribution is 2.49. The molecule has 10 nitrogen and oxygen atoms in total. The van der Waals surface area contributed by atoms with Gasteiger partial charge in [-0.1, -0.05) is 36.8 Å². The Morgan fingerprint density at radius 3 is 2.46 bits per heavy atom. The molecule has 2 amide bonds. The van der Waals surface area contributed by atoms with Gasteiger partial charge >= 0.3 is 6.09 Å². The number of aliphatic hydroxyl groups is 1. The van der Waals surface area contributed by atoms with Gasteiger partial charge in [-0.25, -0.2) is 4.79 Å². The van der Waals surface area contributed by atoms with E-state index in [1.165, 1.54) is 0 Å². The Kier molecular flexibility index (Phi) is 6.95. The van der Waals surface area contributed by atoms with Gasteiger partial charge in [-0.2, -0.15) is 4.80 Å². The van der Waals surface area contributed by atoms with Crippen molar-refractivity contribution in [1.82, 2.24) is 30.0 Å². The standard InChI is InChI=1S/C27H38N6O4/c1-26(2,3)37-25(36)32-18-27(12-7-13-27)22(34)16-21(32)24(35)31-14-10-20(11-15-31)23-28-30-33(29-23)17-19-8-5-4-6-9-19/h4-6,8-9,20-22,34H,7,10-18H2,1-3H3/t21-,22+/m0/s1. The second-order valence-corrected chi connectivity index (χ2v) is 11.9. The number of tetrazole rings is 1. The number of amides is 2. The summed E-state index contributed by atoms with van der Waals surface area (Å²) >= 11 is 0. The first kappa shape index (κ1) is 25.6. The Hall–Kier alpha value is -3.01. The van der Waals surface area contributed by atoms with Crippen LogP contribution in [0.15, 0.2) is 30.3 Å². The predicted molar refractivity (Wildman–Crippen MR) is 136 cm³/mol. The molecule has 3 aliphatic rings. The minimum atomic E-state index is -0.711. The van der Waals surface area contributed by atoms with Crippen molar-refractivity contribution in [1.29, 1.82) is 0 Å². The van der Waals surface area contributed by atoms with Crippen LogP contribution in [0.2, 0.25) is 0 Å². The molecule has 1 spiro atoms. The monoisotopic (exact) mass is 510 g/mol. The highest BCUT2D eigenvalue weighted by Gasteiger charge is 2.53. The van der Waals surface area contributed by atoms with Crippen molar-refractivity contribution < 1.29 is 19.4 Å². The average Bonchev–Trinajstić information content (AvgIpc) is 3.30. The van der Waals surface area contributed by atoms with E-state index in [2.05, 4.69) is 15.4 Å². The summed E-state index contributed by atoms with van der Waals surface area (Å²) in [6.45, 7) is 7.52. The fourth-order valence-corrected chi connectivity index (χ4v) is 5.81. The molecular formula is C27H38N6O4. The van der Waals surface area contributed by atoms with Gasteiger partial charge in [-0.3, -0.25) is 9.69 Å². The maximum Gasteiger partial charge on any atom is 0.410 e. The summed E-state index contributed by atoms with van der Waals surface area (Å²) in [5.74, 6) is 0.724. The minimum absolute atomic E-state index is 0.113. The molecule has 1 aliphatic carbocycles. The van der Waals surface area contributed by atoms with E-state index in [1.807, 2.05) is 56.0 Å². The van der Waals surface area contributed by atoms with Gasteiger partial charge in [-0.15, -0.1) is 10.2 Å². The summed E-state index contributed by atoms with van der Waals surface area (Å²) in [4.78, 5) is 31.8. The Balaban J connectivity index is 1.22. The average molecular weight is 511 g/mol. The quantitative estimate of drug-likeness (QED) is 0.673. The summed E-state index contributed by atoms with van der Waals surface area (Å²) < 4.78 is 5.67. The van der Waals surface area contributed by atoms with Gasteiger partial charge in [0.1, 0.15) is 11.6 Å². The molecule has 2 aromatic rings. The van der Waals surface area contributed by atoms with Crippen LogP contribution in [0.4, 0.5) is 4.79 Å². The molecule has 2 atom stereocenters. The van der Waals surface area contributed by atoms with Crippen LogP contribution in [0, 0.1) is 5.41 Å². The lowest BCUT2D eigenvalue weighted by Crippen LogP contribution is -2.64. The third-order valence-corrected chi connectivity index (χ3v) is 8.08. The number of aromatic nitrogens is 4. The SMILES string of the molecule is CC(C)(C)OC(=O)N1CC2(CCC2)[C@H](O)C[C@H]1C(=O)N1CCC(c2nnn(Cc3ccccc3)n2)CC1. The fraction of sp³-hybridized carbons (Fsp3) is 0.667. The molecule has 2 saturated heterocycles. The van der Waals surface area contributed by atoms with E-state index in [0.29, 0.717) is 32.0 Å². The van der Waals surface area contributed by atoms with Crippen LogP contribution in [0.1, 0.15) is 76.6 Å². The van der Waals surface area contributed by atoms with Crippen LogP contribution in [-0.2, 0) is 16.1 Å². The van der Waals surface area contributed by atoms with E-state index in [-0.39, 0.29) is 23.7 Å². The first-order valence-electron chi connectivity index (χ1n) is 13.4. The number of carbonyl (C=O) groups excluding carboxylic acids is 2. The highest BCUT2D eigenvalue weighted by molar-refractivity contribution is 5.86. The Bertz CT molecular complexity index is 1100. The number of carbonyl (C=O) groups is 2. The van der Waals surface area contributed by atoms with E-state index < -0.39 is 23.8 Å². The number of benzene rings is 1. The van der Waals surface area contributed by atoms with E-state index in [1.54, 1.807) is 9.70 Å². The first-order chi connectivity index (χ1) is 17.6. The zero-order valence-electron chi connectivity index (χ0n) is 22.0. The molecular weight excluding hydrogens is 472 g/mol. The Morgan fingerprint density at radius 2 is 1.84 bits per heavy atom. The lowest BCUT2D eigenvalue weighted by Gasteiger charge is -2.54. The second kappa shape index (κ2) is 10.0. The molecule has 200 valence electrons. The normalized spacial score (nSPS) is 24.1. The number of rotatable bonds is 4. The van der Waals surface area contributed by atoms with Crippen molar-refractivity contribution in [3.63, 3.8) is 0 Å². The van der Waals surface area contributed by atoms with E-state index >= 15 is 0 Å². The van der Waals surface area contributed by atoms with Crippen molar-refractivity contribution >= 4 is 12.0 Å². The predicted octanol–water partition coefficient (Wildman–Crippen LogP) is 2.97. The van der Waals surface area contributed by atoms with Gasteiger partial charge in [0.15, 0.2) is 5.82 Å². The lowest BCUT2D eigenvalue weighted by atomic mass is 9.61. The Morgan fingerprint density at radius 1 is 1.14 bits per heavy atom. The van der Waals surface area contributed by atoms with E-state index in [0.717, 1.165) is 37.7 Å². The summed E-state index contributed by atoms with van der Waals surface area (Å²) in [6.07, 6.45) is 3.44. The highest BCUT2D eigenvalue weighted by atomic mass is 16.6. The number of likely N-dealkylation sites (tertiary alicyclic amines) is 2. The summed E-state index contributed by atoms with van der Waals surface area (Å²) in [7, 11) is 0. The molecule has 0 unspecified atom stereocenters. The number of hydrogen-bond donors (Lipinski definition) is 1. The maximum atomic E-state index is 13.7. The third-order valence-electron chi connectivity index (χ3n) is 8.08. The topological polar surface area (TPSA) is 114 Å². The van der Waals surface area contributed by atoms with Crippen LogP contribution < -0.4 is 0 Å². The van der Waals surface area contributed by atoms with Crippen molar-refractivity contribution in [3.05, 3.63) is 41.7 Å². The van der Waals surface area contributed by atoms with Gasteiger partial charge in [0.05, 0.1) is 12.6 Å². The molecule has 3 heterocycles. The minimum Gasteiger partial charge on any atom is -0.444 e. The van der Waals surface area contributed by atoms with Crippen molar-refractivity contribution in [2.45, 2.75) is 89.5 Å². The van der Waals surface area contributed by atoms with Crippen LogP contribution >= 0.6 is 0 Å². The van der Waals surface area contributed by atoms with Gasteiger partial charge in [0.2, 0.25) is 5.91 Å². The third kappa shape index (κ3) is 5.49. The number of ether oxygens (including phenoxy) is 1. The molecule has 0 bridgehead atoms. The van der Waals surface area contributed by atoms with Crippen LogP contribution in [0.5, 0.6) is 0 Å². The number of aliphatic hydroxyl groups excluding tert-OH is 1. The lowest BCUT2D eigenvalue weighted by molar-refractivity contribution is -0.152. The van der Waals surface area contributed by atoms with E-state index in [4.69, 9.17) is 4.74 Å². The molecule has 1 aromatic heterocycles. The zero-order chi connectivity index (χ0) is 26.2. The van der Waals surface area contributed by atoms with Crippen molar-refractivity contribution in [3.8, 4) is 0 Å². The fourth-order valence-electron chi connectivity index (χ4n) is 5.81. The van der Waals surface area contributed by atoms with Gasteiger partial charge in [0.25, 0.3) is 0 Å². The molecule has 1 N–H and O–H groups in total. The molecule has 1 saturated carbocycles. The number of piperidine rings is 2. The van der Waals surface area contributed by atoms with E-state index in [9.17, 15) is 14.7 Å². The molecule has 10 heteroatoms.